The molecule has 0 radical (unpaired) electrons. The van der Waals surface area contributed by atoms with Gasteiger partial charge in [-0.2, -0.15) is 0 Å². The van der Waals surface area contributed by atoms with E-state index in [1.807, 2.05) is 47.8 Å². The van der Waals surface area contributed by atoms with Gasteiger partial charge in [0.15, 0.2) is 0 Å². The van der Waals surface area contributed by atoms with E-state index >= 15 is 0 Å². The molecule has 4 rings (SSSR count). The Kier molecular flexibility index (Phi) is 4.65. The minimum absolute atomic E-state index is 0.162. The number of benzene rings is 1. The topological polar surface area (TPSA) is 54.9 Å². The molecular weight excluding hydrogens is 366 g/mol. The summed E-state index contributed by atoms with van der Waals surface area (Å²) in [4.78, 5) is 22.9. The summed E-state index contributed by atoms with van der Waals surface area (Å²) in [5.41, 5.74) is 2.45. The van der Waals surface area contributed by atoms with Crippen LogP contribution in [0.2, 0.25) is 5.02 Å². The molecular formula is C20H14ClN3OS. The van der Waals surface area contributed by atoms with Crippen molar-refractivity contribution in [1.82, 2.24) is 15.3 Å². The lowest BCUT2D eigenvalue weighted by Gasteiger charge is -2.11. The molecule has 0 fully saturated rings. The molecule has 3 aromatic heterocycles. The predicted molar refractivity (Wildman–Crippen MR) is 105 cm³/mol. The van der Waals surface area contributed by atoms with E-state index in [1.165, 1.54) is 0 Å². The van der Waals surface area contributed by atoms with Gasteiger partial charge >= 0.3 is 0 Å². The molecule has 0 aliphatic rings. The summed E-state index contributed by atoms with van der Waals surface area (Å²) in [6.45, 7) is 0.486. The second-order valence-corrected chi connectivity index (χ2v) is 7.11. The van der Waals surface area contributed by atoms with E-state index in [1.54, 1.807) is 29.7 Å². The van der Waals surface area contributed by atoms with E-state index in [0.717, 1.165) is 10.3 Å². The van der Waals surface area contributed by atoms with Crippen LogP contribution in [0.1, 0.15) is 15.2 Å². The van der Waals surface area contributed by atoms with Gasteiger partial charge in [-0.3, -0.25) is 9.78 Å². The number of hydrogen-bond acceptors (Lipinski definition) is 4. The van der Waals surface area contributed by atoms with Crippen LogP contribution < -0.4 is 5.32 Å². The summed E-state index contributed by atoms with van der Waals surface area (Å²) in [6, 6.07) is 16.8. The first kappa shape index (κ1) is 16.7. The fourth-order valence-electron chi connectivity index (χ4n) is 2.72. The molecule has 0 saturated heterocycles. The first-order chi connectivity index (χ1) is 12.7. The van der Waals surface area contributed by atoms with Crippen LogP contribution in [-0.2, 0) is 6.54 Å². The predicted octanol–water partition coefficient (Wildman–Crippen LogP) is 4.94. The maximum absolute atomic E-state index is 12.9. The van der Waals surface area contributed by atoms with Gasteiger partial charge in [0.1, 0.15) is 0 Å². The molecule has 3 heterocycles. The fraction of sp³-hybridized carbons (Fsp3) is 0.0500. The number of halogens is 1. The quantitative estimate of drug-likeness (QED) is 0.546. The zero-order valence-corrected chi connectivity index (χ0v) is 15.2. The van der Waals surface area contributed by atoms with Crippen molar-refractivity contribution >= 4 is 39.7 Å². The molecule has 1 aromatic carbocycles. The third-order valence-corrected chi connectivity index (χ3v) is 5.15. The van der Waals surface area contributed by atoms with Crippen molar-refractivity contribution in [2.24, 2.45) is 0 Å². The third kappa shape index (κ3) is 3.31. The molecule has 1 amide bonds. The monoisotopic (exact) mass is 379 g/mol. The summed E-state index contributed by atoms with van der Waals surface area (Å²) in [5, 5.41) is 6.19. The van der Waals surface area contributed by atoms with Crippen LogP contribution in [0.5, 0.6) is 0 Å². The summed E-state index contributed by atoms with van der Waals surface area (Å²) >= 11 is 7.95. The Balaban J connectivity index is 1.79. The van der Waals surface area contributed by atoms with Crippen LogP contribution >= 0.6 is 22.9 Å². The van der Waals surface area contributed by atoms with E-state index in [0.29, 0.717) is 34.0 Å². The van der Waals surface area contributed by atoms with Crippen molar-refractivity contribution in [2.45, 2.75) is 6.54 Å². The molecule has 4 nitrogen and oxygen atoms in total. The Morgan fingerprint density at radius 3 is 2.77 bits per heavy atom. The highest BCUT2D eigenvalue weighted by molar-refractivity contribution is 7.09. The largest absolute Gasteiger partial charge is 0.347 e. The molecule has 0 spiro atoms. The van der Waals surface area contributed by atoms with Gasteiger partial charge in [-0.1, -0.05) is 35.9 Å². The summed E-state index contributed by atoms with van der Waals surface area (Å²) in [7, 11) is 0. The molecule has 1 N–H and O–H groups in total. The standard InChI is InChI=1S/C20H14ClN3OS/c21-16-7-3-6-14-15(20(25)23-12-13-5-4-10-26-13)11-18(24-19(14)16)17-8-1-2-9-22-17/h1-11H,12H2,(H,23,25). The molecule has 0 saturated carbocycles. The number of para-hydroxylation sites is 1. The number of carbonyl (C=O) groups excluding carboxylic acids is 1. The molecule has 0 unspecified atom stereocenters. The Morgan fingerprint density at radius 2 is 2.00 bits per heavy atom. The van der Waals surface area contributed by atoms with E-state index in [2.05, 4.69) is 15.3 Å². The van der Waals surface area contributed by atoms with Crippen molar-refractivity contribution in [3.8, 4) is 11.4 Å². The number of amides is 1. The molecule has 128 valence electrons. The number of hydrogen-bond donors (Lipinski definition) is 1. The van der Waals surface area contributed by atoms with Gasteiger partial charge in [-0.05, 0) is 35.7 Å². The Hall–Kier alpha value is -2.76. The average molecular weight is 380 g/mol. The van der Waals surface area contributed by atoms with Crippen LogP contribution in [0, 0.1) is 0 Å². The first-order valence-electron chi connectivity index (χ1n) is 8.03. The number of aromatic nitrogens is 2. The Morgan fingerprint density at radius 1 is 1.08 bits per heavy atom. The van der Waals surface area contributed by atoms with Gasteiger partial charge in [0.25, 0.3) is 5.91 Å². The number of rotatable bonds is 4. The maximum Gasteiger partial charge on any atom is 0.252 e. The van der Waals surface area contributed by atoms with Crippen molar-refractivity contribution in [2.75, 3.05) is 0 Å². The molecule has 0 aliphatic carbocycles. The highest BCUT2D eigenvalue weighted by Gasteiger charge is 2.16. The lowest BCUT2D eigenvalue weighted by molar-refractivity contribution is 0.0953. The van der Waals surface area contributed by atoms with E-state index in [9.17, 15) is 4.79 Å². The Bertz CT molecular complexity index is 1070. The first-order valence-corrected chi connectivity index (χ1v) is 9.29. The molecule has 0 atom stereocenters. The van der Waals surface area contributed by atoms with Gasteiger partial charge < -0.3 is 5.32 Å². The minimum Gasteiger partial charge on any atom is -0.347 e. The Labute approximate surface area is 159 Å². The number of fused-ring (bicyclic) bond motifs is 1. The van der Waals surface area contributed by atoms with Crippen molar-refractivity contribution in [1.29, 1.82) is 0 Å². The van der Waals surface area contributed by atoms with Gasteiger partial charge in [-0.15, -0.1) is 11.3 Å². The molecule has 0 aliphatic heterocycles. The van der Waals surface area contributed by atoms with Gasteiger partial charge in [0.05, 0.1) is 34.0 Å². The highest BCUT2D eigenvalue weighted by Crippen LogP contribution is 2.28. The normalized spacial score (nSPS) is 10.8. The summed E-state index contributed by atoms with van der Waals surface area (Å²) in [6.07, 6.45) is 1.70. The van der Waals surface area contributed by atoms with Gasteiger partial charge in [-0.25, -0.2) is 4.98 Å². The second kappa shape index (κ2) is 7.23. The van der Waals surface area contributed by atoms with E-state index < -0.39 is 0 Å². The molecule has 6 heteroatoms. The number of nitrogens with zero attached hydrogens (tertiary/aromatic N) is 2. The number of thiophene rings is 1. The minimum atomic E-state index is -0.162. The number of carbonyl (C=O) groups is 1. The van der Waals surface area contributed by atoms with Crippen LogP contribution in [0.3, 0.4) is 0 Å². The zero-order chi connectivity index (χ0) is 17.9. The van der Waals surface area contributed by atoms with E-state index in [4.69, 9.17) is 11.6 Å². The zero-order valence-electron chi connectivity index (χ0n) is 13.6. The van der Waals surface area contributed by atoms with E-state index in [-0.39, 0.29) is 5.91 Å². The summed E-state index contributed by atoms with van der Waals surface area (Å²) in [5.74, 6) is -0.162. The fourth-order valence-corrected chi connectivity index (χ4v) is 3.58. The van der Waals surface area contributed by atoms with Crippen LogP contribution in [0.4, 0.5) is 0 Å². The van der Waals surface area contributed by atoms with Crippen LogP contribution in [0.15, 0.2) is 66.2 Å². The van der Waals surface area contributed by atoms with Crippen molar-refractivity contribution < 1.29 is 4.79 Å². The SMILES string of the molecule is O=C(NCc1cccs1)c1cc(-c2ccccn2)nc2c(Cl)cccc12. The number of pyridine rings is 2. The van der Waals surface area contributed by atoms with Crippen molar-refractivity contribution in [3.63, 3.8) is 0 Å². The average Bonchev–Trinajstić information content (AvgIpc) is 3.20. The molecule has 0 bridgehead atoms. The molecule has 4 aromatic rings. The lowest BCUT2D eigenvalue weighted by atomic mass is 10.1. The lowest BCUT2D eigenvalue weighted by Crippen LogP contribution is -2.22. The van der Waals surface area contributed by atoms with Crippen LogP contribution in [-0.4, -0.2) is 15.9 Å². The van der Waals surface area contributed by atoms with Crippen LogP contribution in [0.25, 0.3) is 22.3 Å². The second-order valence-electron chi connectivity index (χ2n) is 5.67. The smallest absolute Gasteiger partial charge is 0.252 e. The number of nitrogens with one attached hydrogen (secondary N) is 1. The maximum atomic E-state index is 12.9. The summed E-state index contributed by atoms with van der Waals surface area (Å²) < 4.78 is 0. The third-order valence-electron chi connectivity index (χ3n) is 3.97. The van der Waals surface area contributed by atoms with Crippen molar-refractivity contribution in [3.05, 3.63) is 81.6 Å². The van der Waals surface area contributed by atoms with Gasteiger partial charge in [0.2, 0.25) is 0 Å². The highest BCUT2D eigenvalue weighted by atomic mass is 35.5. The molecule has 26 heavy (non-hydrogen) atoms. The van der Waals surface area contributed by atoms with Gasteiger partial charge in [0, 0.05) is 16.5 Å².